The lowest BCUT2D eigenvalue weighted by atomic mass is 10.1. The number of hydrogen-bond donors (Lipinski definition) is 2. The first-order valence-electron chi connectivity index (χ1n) is 11.0. The van der Waals surface area contributed by atoms with E-state index in [0.717, 1.165) is 23.0 Å². The second kappa shape index (κ2) is 10.9. The fourth-order valence-electron chi connectivity index (χ4n) is 3.77. The molecule has 0 aliphatic heterocycles. The SMILES string of the molecule is COc1ccc(NC(=O)/C=C/c2ccc3[nH]ccc3c2)cc1OCCN(C(C)C)C(C)C. The van der Waals surface area contributed by atoms with Gasteiger partial charge in [0.1, 0.15) is 6.61 Å². The van der Waals surface area contributed by atoms with Crippen LogP contribution in [0.1, 0.15) is 33.3 Å². The Morgan fingerprint density at radius 2 is 1.84 bits per heavy atom. The highest BCUT2D eigenvalue weighted by Crippen LogP contribution is 2.30. The third-order valence-electron chi connectivity index (χ3n) is 5.37. The summed E-state index contributed by atoms with van der Waals surface area (Å²) >= 11 is 0. The molecular weight excluding hydrogens is 402 g/mol. The first-order valence-corrected chi connectivity index (χ1v) is 11.0. The smallest absolute Gasteiger partial charge is 0.248 e. The Morgan fingerprint density at radius 1 is 1.06 bits per heavy atom. The highest BCUT2D eigenvalue weighted by molar-refractivity contribution is 6.02. The predicted molar refractivity (Wildman–Crippen MR) is 131 cm³/mol. The van der Waals surface area contributed by atoms with Crippen molar-refractivity contribution < 1.29 is 14.3 Å². The van der Waals surface area contributed by atoms with Gasteiger partial charge in [0.2, 0.25) is 5.91 Å². The normalized spacial score (nSPS) is 11.8. The molecule has 0 saturated carbocycles. The number of methoxy groups -OCH3 is 1. The zero-order valence-corrected chi connectivity index (χ0v) is 19.5. The van der Waals surface area contributed by atoms with E-state index in [-0.39, 0.29) is 5.91 Å². The third kappa shape index (κ3) is 6.14. The lowest BCUT2D eigenvalue weighted by molar-refractivity contribution is -0.111. The van der Waals surface area contributed by atoms with Gasteiger partial charge in [0.25, 0.3) is 0 Å². The molecule has 6 heteroatoms. The number of hydrogen-bond acceptors (Lipinski definition) is 4. The Bertz CT molecular complexity index is 1060. The number of anilines is 1. The number of carbonyl (C=O) groups is 1. The van der Waals surface area contributed by atoms with Gasteiger partial charge >= 0.3 is 0 Å². The summed E-state index contributed by atoms with van der Waals surface area (Å²) in [6.45, 7) is 10.1. The van der Waals surface area contributed by atoms with Crippen LogP contribution in [0.15, 0.2) is 54.7 Å². The van der Waals surface area contributed by atoms with E-state index in [2.05, 4.69) is 42.9 Å². The number of H-pyrrole nitrogens is 1. The van der Waals surface area contributed by atoms with Crippen molar-refractivity contribution in [1.82, 2.24) is 9.88 Å². The molecule has 170 valence electrons. The summed E-state index contributed by atoms with van der Waals surface area (Å²) in [5, 5.41) is 4.00. The van der Waals surface area contributed by atoms with Gasteiger partial charge < -0.3 is 19.8 Å². The van der Waals surface area contributed by atoms with Crippen molar-refractivity contribution in [3.05, 3.63) is 60.3 Å². The Hall–Kier alpha value is -3.25. The summed E-state index contributed by atoms with van der Waals surface area (Å²) in [6.07, 6.45) is 5.23. The quantitative estimate of drug-likeness (QED) is 0.423. The maximum atomic E-state index is 12.4. The number of carbonyl (C=O) groups excluding carboxylic acids is 1. The fraction of sp³-hybridized carbons (Fsp3) is 0.346. The molecule has 32 heavy (non-hydrogen) atoms. The zero-order valence-electron chi connectivity index (χ0n) is 19.5. The van der Waals surface area contributed by atoms with Gasteiger partial charge in [-0.2, -0.15) is 0 Å². The minimum Gasteiger partial charge on any atom is -0.493 e. The van der Waals surface area contributed by atoms with Gasteiger partial charge in [0.15, 0.2) is 11.5 Å². The first kappa shape index (κ1) is 23.4. The van der Waals surface area contributed by atoms with Crippen LogP contribution >= 0.6 is 0 Å². The summed E-state index contributed by atoms with van der Waals surface area (Å²) in [4.78, 5) is 18.0. The minimum atomic E-state index is -0.207. The molecule has 0 saturated heterocycles. The molecule has 0 bridgehead atoms. The van der Waals surface area contributed by atoms with Gasteiger partial charge in [0, 0.05) is 48.2 Å². The van der Waals surface area contributed by atoms with Gasteiger partial charge in [-0.15, -0.1) is 0 Å². The number of aromatic nitrogens is 1. The number of benzene rings is 2. The number of nitrogens with one attached hydrogen (secondary N) is 2. The third-order valence-corrected chi connectivity index (χ3v) is 5.37. The van der Waals surface area contributed by atoms with Gasteiger partial charge in [-0.3, -0.25) is 9.69 Å². The first-order chi connectivity index (χ1) is 15.4. The summed E-state index contributed by atoms with van der Waals surface area (Å²) < 4.78 is 11.4. The number of amides is 1. The molecule has 1 amide bonds. The Kier molecular flexibility index (Phi) is 7.95. The average molecular weight is 436 g/mol. The van der Waals surface area contributed by atoms with Crippen LogP contribution in [0.2, 0.25) is 0 Å². The van der Waals surface area contributed by atoms with E-state index in [9.17, 15) is 4.79 Å². The van der Waals surface area contributed by atoms with Gasteiger partial charge in [-0.25, -0.2) is 0 Å². The van der Waals surface area contributed by atoms with Crippen molar-refractivity contribution in [2.24, 2.45) is 0 Å². The minimum absolute atomic E-state index is 0.207. The molecule has 3 rings (SSSR count). The molecule has 0 atom stereocenters. The van der Waals surface area contributed by atoms with E-state index in [0.29, 0.717) is 35.9 Å². The van der Waals surface area contributed by atoms with Gasteiger partial charge in [-0.05, 0) is 75.1 Å². The maximum absolute atomic E-state index is 12.4. The van der Waals surface area contributed by atoms with E-state index in [4.69, 9.17) is 9.47 Å². The summed E-state index contributed by atoms with van der Waals surface area (Å²) in [5.74, 6) is 1.04. The molecule has 1 heterocycles. The van der Waals surface area contributed by atoms with Crippen molar-refractivity contribution in [2.75, 3.05) is 25.6 Å². The second-order valence-corrected chi connectivity index (χ2v) is 8.29. The summed E-state index contributed by atoms with van der Waals surface area (Å²) in [7, 11) is 1.61. The molecule has 1 aromatic heterocycles. The fourth-order valence-corrected chi connectivity index (χ4v) is 3.77. The Balaban J connectivity index is 1.62. The van der Waals surface area contributed by atoms with Crippen LogP contribution in [0.3, 0.4) is 0 Å². The van der Waals surface area contributed by atoms with Crippen LogP contribution in [0, 0.1) is 0 Å². The summed E-state index contributed by atoms with van der Waals surface area (Å²) in [6, 6.07) is 14.3. The molecule has 0 spiro atoms. The molecule has 2 N–H and O–H groups in total. The molecule has 0 aliphatic rings. The monoisotopic (exact) mass is 435 g/mol. The van der Waals surface area contributed by atoms with E-state index >= 15 is 0 Å². The van der Waals surface area contributed by atoms with Crippen LogP contribution in [0.25, 0.3) is 17.0 Å². The number of rotatable bonds is 10. The molecule has 6 nitrogen and oxygen atoms in total. The van der Waals surface area contributed by atoms with E-state index in [1.807, 2.05) is 30.5 Å². The lowest BCUT2D eigenvalue weighted by Gasteiger charge is -2.30. The predicted octanol–water partition coefficient (Wildman–Crippen LogP) is 5.33. The van der Waals surface area contributed by atoms with Crippen LogP contribution in [0.4, 0.5) is 5.69 Å². The molecule has 0 unspecified atom stereocenters. The standard InChI is InChI=1S/C26H33N3O3/c1-18(2)29(19(3)4)14-15-32-25-17-22(8-10-24(25)31-5)28-26(30)11-7-20-6-9-23-21(16-20)12-13-27-23/h6-13,16-19,27H,14-15H2,1-5H3,(H,28,30)/b11-7+. The van der Waals surface area contributed by atoms with Crippen molar-refractivity contribution in [2.45, 2.75) is 39.8 Å². The molecule has 2 aromatic carbocycles. The molecule has 0 aliphatic carbocycles. The topological polar surface area (TPSA) is 66.6 Å². The van der Waals surface area contributed by atoms with E-state index in [1.54, 1.807) is 31.4 Å². The largest absolute Gasteiger partial charge is 0.493 e. The van der Waals surface area contributed by atoms with Gasteiger partial charge in [0.05, 0.1) is 7.11 Å². The summed E-state index contributed by atoms with van der Waals surface area (Å²) in [5.41, 5.74) is 2.69. The van der Waals surface area contributed by atoms with Crippen molar-refractivity contribution in [1.29, 1.82) is 0 Å². The molecule has 3 aromatic rings. The Morgan fingerprint density at radius 3 is 2.56 bits per heavy atom. The lowest BCUT2D eigenvalue weighted by Crippen LogP contribution is -2.39. The highest BCUT2D eigenvalue weighted by Gasteiger charge is 2.14. The van der Waals surface area contributed by atoms with Crippen LogP contribution in [-0.2, 0) is 4.79 Å². The van der Waals surface area contributed by atoms with Gasteiger partial charge in [-0.1, -0.05) is 6.07 Å². The number of fused-ring (bicyclic) bond motifs is 1. The zero-order chi connectivity index (χ0) is 23.1. The molecular formula is C26H33N3O3. The van der Waals surface area contributed by atoms with Crippen LogP contribution in [0.5, 0.6) is 11.5 Å². The molecule has 0 fully saturated rings. The number of aromatic amines is 1. The number of nitrogens with zero attached hydrogens (tertiary/aromatic N) is 1. The van der Waals surface area contributed by atoms with Crippen molar-refractivity contribution >= 4 is 28.6 Å². The van der Waals surface area contributed by atoms with Crippen molar-refractivity contribution in [3.63, 3.8) is 0 Å². The molecule has 0 radical (unpaired) electrons. The average Bonchev–Trinajstić information content (AvgIpc) is 3.23. The Labute approximate surface area is 190 Å². The second-order valence-electron chi connectivity index (χ2n) is 8.29. The maximum Gasteiger partial charge on any atom is 0.248 e. The van der Waals surface area contributed by atoms with Crippen LogP contribution < -0.4 is 14.8 Å². The van der Waals surface area contributed by atoms with E-state index in [1.165, 1.54) is 6.08 Å². The van der Waals surface area contributed by atoms with Crippen molar-refractivity contribution in [3.8, 4) is 11.5 Å². The number of ether oxygens (including phenoxy) is 2. The van der Waals surface area contributed by atoms with E-state index < -0.39 is 0 Å². The van der Waals surface area contributed by atoms with Crippen LogP contribution in [-0.4, -0.2) is 48.1 Å². The highest BCUT2D eigenvalue weighted by atomic mass is 16.5.